The van der Waals surface area contributed by atoms with Crippen LogP contribution in [-0.2, 0) is 16.1 Å². The van der Waals surface area contributed by atoms with Crippen molar-refractivity contribution >= 4 is 11.8 Å². The third-order valence-electron chi connectivity index (χ3n) is 5.42. The van der Waals surface area contributed by atoms with E-state index in [0.717, 1.165) is 11.3 Å². The van der Waals surface area contributed by atoms with E-state index in [-0.39, 0.29) is 11.3 Å². The number of carbonyl (C=O) groups is 2. The summed E-state index contributed by atoms with van der Waals surface area (Å²) in [6.45, 7) is 5.79. The number of aliphatic hydroxyl groups is 1. The number of ether oxygens (including phenoxy) is 2. The Kier molecular flexibility index (Phi) is 8.97. The number of aromatic carboxylic acids is 1. The molecule has 0 amide bonds. The number of Topliss-reactive ketones (excluding diaryl/α,β-unsaturated/α-hetero) is 1. The smallest absolute Gasteiger partial charge is 0.335 e. The van der Waals surface area contributed by atoms with Gasteiger partial charge in [0, 0.05) is 11.8 Å². The number of carboxylic acids is 1. The van der Waals surface area contributed by atoms with Gasteiger partial charge in [-0.3, -0.25) is 4.79 Å². The van der Waals surface area contributed by atoms with Gasteiger partial charge in [0.05, 0.1) is 32.0 Å². The summed E-state index contributed by atoms with van der Waals surface area (Å²) in [5, 5.41) is 20.0. The average molecular weight is 427 g/mol. The fraction of sp³-hybridized carbons (Fsp3) is 0.360. The first-order valence-electron chi connectivity index (χ1n) is 10.2. The number of hydrogen-bond acceptors (Lipinski definition) is 5. The first kappa shape index (κ1) is 24.3. The van der Waals surface area contributed by atoms with Crippen LogP contribution in [0.1, 0.15) is 48.2 Å². The molecule has 2 aromatic carbocycles. The average Bonchev–Trinajstić information content (AvgIpc) is 2.80. The van der Waals surface area contributed by atoms with Crippen LogP contribution in [0.2, 0.25) is 0 Å². The molecule has 0 aliphatic heterocycles. The van der Waals surface area contributed by atoms with Gasteiger partial charge in [-0.05, 0) is 41.8 Å². The van der Waals surface area contributed by atoms with Gasteiger partial charge < -0.3 is 19.7 Å². The van der Waals surface area contributed by atoms with Gasteiger partial charge in [0.15, 0.2) is 0 Å². The number of methoxy groups -OCH3 is 1. The van der Waals surface area contributed by atoms with E-state index in [1.807, 2.05) is 24.3 Å². The summed E-state index contributed by atoms with van der Waals surface area (Å²) in [5.41, 5.74) is 2.18. The van der Waals surface area contributed by atoms with E-state index in [9.17, 15) is 19.8 Å². The predicted molar refractivity (Wildman–Crippen MR) is 118 cm³/mol. The van der Waals surface area contributed by atoms with Crippen molar-refractivity contribution in [1.82, 2.24) is 0 Å². The molecule has 166 valence electrons. The van der Waals surface area contributed by atoms with E-state index in [0.29, 0.717) is 24.4 Å². The van der Waals surface area contributed by atoms with Crippen molar-refractivity contribution in [3.63, 3.8) is 0 Å². The van der Waals surface area contributed by atoms with E-state index in [2.05, 4.69) is 0 Å². The summed E-state index contributed by atoms with van der Waals surface area (Å²) in [6, 6.07) is 14.0. The quantitative estimate of drug-likeness (QED) is 0.413. The molecule has 6 heteroatoms. The number of benzene rings is 2. The van der Waals surface area contributed by atoms with E-state index in [4.69, 9.17) is 9.47 Å². The molecule has 0 fully saturated rings. The summed E-state index contributed by atoms with van der Waals surface area (Å²) in [5.74, 6) is -1.84. The maximum atomic E-state index is 12.9. The molecule has 0 aromatic heterocycles. The molecule has 0 unspecified atom stereocenters. The lowest BCUT2D eigenvalue weighted by molar-refractivity contribution is -0.126. The monoisotopic (exact) mass is 426 g/mol. The van der Waals surface area contributed by atoms with Gasteiger partial charge in [-0.25, -0.2) is 4.79 Å². The maximum Gasteiger partial charge on any atom is 0.335 e. The van der Waals surface area contributed by atoms with Gasteiger partial charge >= 0.3 is 5.97 Å². The van der Waals surface area contributed by atoms with Gasteiger partial charge in [-0.2, -0.15) is 0 Å². The second-order valence-electron chi connectivity index (χ2n) is 7.56. The highest BCUT2D eigenvalue weighted by molar-refractivity contribution is 5.94. The second-order valence-corrected chi connectivity index (χ2v) is 7.56. The van der Waals surface area contributed by atoms with Crippen molar-refractivity contribution in [1.29, 1.82) is 0 Å². The highest BCUT2D eigenvalue weighted by atomic mass is 16.5. The Morgan fingerprint density at radius 3 is 2.32 bits per heavy atom. The topological polar surface area (TPSA) is 93.1 Å². The molecule has 0 saturated carbocycles. The van der Waals surface area contributed by atoms with Gasteiger partial charge in [-0.15, -0.1) is 0 Å². The van der Waals surface area contributed by atoms with Crippen molar-refractivity contribution < 1.29 is 29.3 Å². The Morgan fingerprint density at radius 2 is 1.71 bits per heavy atom. The van der Waals surface area contributed by atoms with E-state index in [1.165, 1.54) is 6.07 Å². The molecule has 3 atom stereocenters. The first-order valence-corrected chi connectivity index (χ1v) is 10.2. The minimum atomic E-state index is -1.08. The minimum absolute atomic E-state index is 0.101. The molecule has 0 heterocycles. The number of carbonyl (C=O) groups excluding carboxylic acids is 1. The third-order valence-corrected chi connectivity index (χ3v) is 5.42. The Labute approximate surface area is 183 Å². The Hall–Kier alpha value is -2.96. The van der Waals surface area contributed by atoms with Crippen molar-refractivity contribution in [3.05, 3.63) is 76.9 Å². The molecular weight excluding hydrogens is 396 g/mol. The fourth-order valence-corrected chi connectivity index (χ4v) is 3.38. The van der Waals surface area contributed by atoms with Gasteiger partial charge in [-0.1, -0.05) is 50.3 Å². The van der Waals surface area contributed by atoms with Crippen molar-refractivity contribution in [2.45, 2.75) is 39.4 Å². The molecule has 0 saturated heterocycles. The summed E-state index contributed by atoms with van der Waals surface area (Å²) in [7, 11) is 1.61. The molecular formula is C25H30O6. The Morgan fingerprint density at radius 1 is 1.06 bits per heavy atom. The van der Waals surface area contributed by atoms with Crippen LogP contribution in [0, 0.1) is 5.92 Å². The molecule has 0 aliphatic carbocycles. The van der Waals surface area contributed by atoms with E-state index in [1.54, 1.807) is 52.2 Å². The van der Waals surface area contributed by atoms with Crippen LogP contribution in [0.5, 0.6) is 5.75 Å². The molecule has 0 radical (unpaired) electrons. The van der Waals surface area contributed by atoms with Gasteiger partial charge in [0.1, 0.15) is 11.5 Å². The summed E-state index contributed by atoms with van der Waals surface area (Å²) < 4.78 is 10.8. The standard InChI is InChI=1S/C25H30O6/c1-16(13-14-31-15-19-9-11-20(30-4)12-10-19)23(26)18(3)24(27)17(2)21-7-5-6-8-22(21)25(28)29/h5-13,17-18,23,26H,14-15H2,1-4H3,(H,28,29)/b16-13+/t17-,18+,23+/m0/s1. The number of hydrogen-bond donors (Lipinski definition) is 2. The van der Waals surface area contributed by atoms with E-state index < -0.39 is 23.9 Å². The Balaban J connectivity index is 1.95. The Bertz CT molecular complexity index is 916. The van der Waals surface area contributed by atoms with Crippen LogP contribution in [0.3, 0.4) is 0 Å². The highest BCUT2D eigenvalue weighted by Crippen LogP contribution is 2.26. The molecule has 2 aromatic rings. The number of aliphatic hydroxyl groups excluding tert-OH is 1. The summed E-state index contributed by atoms with van der Waals surface area (Å²) >= 11 is 0. The van der Waals surface area contributed by atoms with Crippen molar-refractivity contribution in [2.75, 3.05) is 13.7 Å². The van der Waals surface area contributed by atoms with Crippen molar-refractivity contribution in [3.8, 4) is 5.75 Å². The number of ketones is 1. The molecule has 0 bridgehead atoms. The SMILES string of the molecule is COc1ccc(COC/C=C(\C)[C@@H](O)[C@@H](C)C(=O)[C@@H](C)c2ccccc2C(=O)O)cc1. The van der Waals surface area contributed by atoms with Crippen LogP contribution < -0.4 is 4.74 Å². The van der Waals surface area contributed by atoms with Crippen LogP contribution in [0.15, 0.2) is 60.2 Å². The lowest BCUT2D eigenvalue weighted by Crippen LogP contribution is -2.30. The molecule has 2 rings (SSSR count). The van der Waals surface area contributed by atoms with Crippen LogP contribution in [0.25, 0.3) is 0 Å². The fourth-order valence-electron chi connectivity index (χ4n) is 3.38. The number of carboxylic acid groups (broad SMARTS) is 1. The lowest BCUT2D eigenvalue weighted by atomic mass is 9.83. The first-order chi connectivity index (χ1) is 14.8. The zero-order valence-electron chi connectivity index (χ0n) is 18.4. The zero-order chi connectivity index (χ0) is 23.0. The highest BCUT2D eigenvalue weighted by Gasteiger charge is 2.29. The lowest BCUT2D eigenvalue weighted by Gasteiger charge is -2.23. The summed E-state index contributed by atoms with van der Waals surface area (Å²) in [4.78, 5) is 24.4. The van der Waals surface area contributed by atoms with Gasteiger partial charge in [0.25, 0.3) is 0 Å². The molecule has 6 nitrogen and oxygen atoms in total. The van der Waals surface area contributed by atoms with Crippen LogP contribution >= 0.6 is 0 Å². The van der Waals surface area contributed by atoms with Gasteiger partial charge in [0.2, 0.25) is 0 Å². The molecule has 0 spiro atoms. The summed E-state index contributed by atoms with van der Waals surface area (Å²) in [6.07, 6.45) is 0.782. The maximum absolute atomic E-state index is 12.9. The molecule has 2 N–H and O–H groups in total. The zero-order valence-corrected chi connectivity index (χ0v) is 18.4. The molecule has 31 heavy (non-hydrogen) atoms. The van der Waals surface area contributed by atoms with Crippen LogP contribution in [0.4, 0.5) is 0 Å². The third kappa shape index (κ3) is 6.51. The minimum Gasteiger partial charge on any atom is -0.497 e. The van der Waals surface area contributed by atoms with E-state index >= 15 is 0 Å². The normalized spacial score (nSPS) is 14.5. The second kappa shape index (κ2) is 11.4. The predicted octanol–water partition coefficient (Wildman–Crippen LogP) is 4.23. The number of rotatable bonds is 11. The molecule has 0 aliphatic rings. The van der Waals surface area contributed by atoms with Crippen LogP contribution in [-0.4, -0.2) is 41.8 Å². The largest absolute Gasteiger partial charge is 0.497 e. The van der Waals surface area contributed by atoms with Crippen molar-refractivity contribution in [2.24, 2.45) is 5.92 Å².